The van der Waals surface area contributed by atoms with Gasteiger partial charge in [-0.2, -0.15) is 0 Å². The summed E-state index contributed by atoms with van der Waals surface area (Å²) in [5.41, 5.74) is 2.11. The van der Waals surface area contributed by atoms with Gasteiger partial charge in [0.05, 0.1) is 11.4 Å². The first-order valence-corrected chi connectivity index (χ1v) is 10.1. The van der Waals surface area contributed by atoms with E-state index < -0.39 is 0 Å². The van der Waals surface area contributed by atoms with Crippen LogP contribution in [-0.2, 0) is 0 Å². The van der Waals surface area contributed by atoms with Crippen molar-refractivity contribution in [2.24, 2.45) is 0 Å². The SMILES string of the molecule is CN(c1c(Br)cc(Br)cc1Br)c1c(Br)cc(Br)cc1Br. The molecule has 0 unspecified atom stereocenters. The minimum atomic E-state index is 1.00. The Morgan fingerprint density at radius 1 is 0.600 bits per heavy atom. The number of anilines is 2. The molecule has 0 spiro atoms. The van der Waals surface area contributed by atoms with Crippen LogP contribution in [0.3, 0.4) is 0 Å². The summed E-state index contributed by atoms with van der Waals surface area (Å²) in [7, 11) is 2.03. The lowest BCUT2D eigenvalue weighted by atomic mass is 10.2. The molecule has 2 aromatic carbocycles. The smallest absolute Gasteiger partial charge is 0.0698 e. The maximum Gasteiger partial charge on any atom is 0.0698 e. The van der Waals surface area contributed by atoms with E-state index in [-0.39, 0.29) is 0 Å². The number of rotatable bonds is 2. The first-order chi connectivity index (χ1) is 9.31. The third kappa shape index (κ3) is 3.71. The Morgan fingerprint density at radius 2 is 0.850 bits per heavy atom. The molecule has 0 heterocycles. The summed E-state index contributed by atoms with van der Waals surface area (Å²) in [6.07, 6.45) is 0. The molecule has 0 aliphatic carbocycles. The Kier molecular flexibility index (Phi) is 6.23. The number of hydrogen-bond acceptors (Lipinski definition) is 1. The Morgan fingerprint density at radius 3 is 1.10 bits per heavy atom. The molecule has 20 heavy (non-hydrogen) atoms. The minimum Gasteiger partial charge on any atom is -0.341 e. The predicted octanol–water partition coefficient (Wildman–Crippen LogP) is 8.03. The molecule has 0 atom stereocenters. The largest absolute Gasteiger partial charge is 0.341 e. The van der Waals surface area contributed by atoms with E-state index in [4.69, 9.17) is 0 Å². The third-order valence-corrected chi connectivity index (χ3v) is 5.97. The molecule has 0 amide bonds. The van der Waals surface area contributed by atoms with Crippen LogP contribution in [-0.4, -0.2) is 7.05 Å². The Labute approximate surface area is 168 Å². The first kappa shape index (κ1) is 17.5. The van der Waals surface area contributed by atoms with E-state index in [9.17, 15) is 0 Å². The van der Waals surface area contributed by atoms with Gasteiger partial charge in [0.1, 0.15) is 0 Å². The first-order valence-electron chi connectivity index (χ1n) is 5.34. The van der Waals surface area contributed by atoms with Gasteiger partial charge < -0.3 is 4.90 Å². The summed E-state index contributed by atoms with van der Waals surface area (Å²) in [4.78, 5) is 2.11. The van der Waals surface area contributed by atoms with Gasteiger partial charge in [0.15, 0.2) is 0 Å². The van der Waals surface area contributed by atoms with Crippen LogP contribution in [0.4, 0.5) is 11.4 Å². The van der Waals surface area contributed by atoms with Gasteiger partial charge in [-0.3, -0.25) is 0 Å². The number of benzene rings is 2. The summed E-state index contributed by atoms with van der Waals surface area (Å²) in [6, 6.07) is 8.10. The predicted molar refractivity (Wildman–Crippen MR) is 107 cm³/mol. The quantitative estimate of drug-likeness (QED) is 0.317. The summed E-state index contributed by atoms with van der Waals surface area (Å²) in [5, 5.41) is 0. The Balaban J connectivity index is 2.61. The highest BCUT2D eigenvalue weighted by atomic mass is 79.9. The summed E-state index contributed by atoms with van der Waals surface area (Å²) in [5.74, 6) is 0. The van der Waals surface area contributed by atoms with Crippen molar-refractivity contribution < 1.29 is 0 Å². The van der Waals surface area contributed by atoms with Gasteiger partial charge in [0.25, 0.3) is 0 Å². The van der Waals surface area contributed by atoms with Crippen molar-refractivity contribution in [1.82, 2.24) is 0 Å². The fourth-order valence-corrected chi connectivity index (χ4v) is 7.40. The topological polar surface area (TPSA) is 3.24 Å². The molecular formula is C13H7Br6N. The normalized spacial score (nSPS) is 10.8. The van der Waals surface area contributed by atoms with E-state index in [1.807, 2.05) is 31.3 Å². The second-order valence-corrected chi connectivity index (χ2v) is 9.24. The van der Waals surface area contributed by atoms with Crippen molar-refractivity contribution in [2.45, 2.75) is 0 Å². The van der Waals surface area contributed by atoms with Crippen molar-refractivity contribution in [2.75, 3.05) is 11.9 Å². The van der Waals surface area contributed by atoms with E-state index in [0.29, 0.717) is 0 Å². The average Bonchev–Trinajstić information content (AvgIpc) is 2.25. The molecule has 0 aliphatic rings. The van der Waals surface area contributed by atoms with Gasteiger partial charge in [0, 0.05) is 33.9 Å². The van der Waals surface area contributed by atoms with Gasteiger partial charge in [0.2, 0.25) is 0 Å². The third-order valence-electron chi connectivity index (χ3n) is 2.63. The molecule has 7 heteroatoms. The number of nitrogens with zero attached hydrogens (tertiary/aromatic N) is 1. The van der Waals surface area contributed by atoms with Gasteiger partial charge in [-0.1, -0.05) is 31.9 Å². The second kappa shape index (κ2) is 7.13. The van der Waals surface area contributed by atoms with Crippen LogP contribution in [0.5, 0.6) is 0 Å². The molecule has 106 valence electrons. The van der Waals surface area contributed by atoms with Gasteiger partial charge in [-0.05, 0) is 88.0 Å². The number of halogens is 6. The molecular weight excluding hydrogens is 650 g/mol. The van der Waals surface area contributed by atoms with Crippen molar-refractivity contribution in [3.05, 3.63) is 51.1 Å². The molecule has 1 nitrogen and oxygen atoms in total. The summed E-state index contributed by atoms with van der Waals surface area (Å²) < 4.78 is 6.04. The lowest BCUT2D eigenvalue weighted by Crippen LogP contribution is -2.12. The summed E-state index contributed by atoms with van der Waals surface area (Å²) in [6.45, 7) is 0. The molecule has 0 saturated carbocycles. The number of hydrogen-bond donors (Lipinski definition) is 0. The average molecular weight is 657 g/mol. The zero-order valence-electron chi connectivity index (χ0n) is 10.0. The Hall–Kier alpha value is 1.12. The fraction of sp³-hybridized carbons (Fsp3) is 0.0769. The molecule has 0 aliphatic heterocycles. The molecule has 2 aromatic rings. The molecule has 0 fully saturated rings. The molecule has 0 N–H and O–H groups in total. The van der Waals surface area contributed by atoms with Crippen molar-refractivity contribution in [3.63, 3.8) is 0 Å². The van der Waals surface area contributed by atoms with E-state index in [1.165, 1.54) is 0 Å². The van der Waals surface area contributed by atoms with Crippen LogP contribution in [0.25, 0.3) is 0 Å². The molecule has 2 rings (SSSR count). The van der Waals surface area contributed by atoms with Gasteiger partial charge in [-0.25, -0.2) is 0 Å². The van der Waals surface area contributed by atoms with Crippen LogP contribution in [0.1, 0.15) is 0 Å². The standard InChI is InChI=1S/C13H7Br6N/c1-20(12-8(16)2-6(14)3-9(12)17)13-10(18)4-7(15)5-11(13)19/h2-5H,1H3. The van der Waals surface area contributed by atoms with Crippen molar-refractivity contribution in [3.8, 4) is 0 Å². The Bertz CT molecular complexity index is 566. The monoisotopic (exact) mass is 651 g/mol. The highest BCUT2D eigenvalue weighted by molar-refractivity contribution is 9.12. The molecule has 0 radical (unpaired) electrons. The highest BCUT2D eigenvalue weighted by Gasteiger charge is 2.18. The van der Waals surface area contributed by atoms with Gasteiger partial charge >= 0.3 is 0 Å². The second-order valence-electron chi connectivity index (χ2n) is 4.00. The van der Waals surface area contributed by atoms with E-state index in [2.05, 4.69) is 100 Å². The zero-order valence-corrected chi connectivity index (χ0v) is 19.5. The summed E-state index contributed by atoms with van der Waals surface area (Å²) >= 11 is 21.4. The maximum atomic E-state index is 3.62. The van der Waals surface area contributed by atoms with Crippen molar-refractivity contribution >= 4 is 107 Å². The minimum absolute atomic E-state index is 1.00. The van der Waals surface area contributed by atoms with Crippen molar-refractivity contribution in [1.29, 1.82) is 0 Å². The molecule has 0 aromatic heterocycles. The van der Waals surface area contributed by atoms with Crippen LogP contribution in [0.15, 0.2) is 51.1 Å². The maximum absolute atomic E-state index is 3.62. The molecule has 0 saturated heterocycles. The highest BCUT2D eigenvalue weighted by Crippen LogP contribution is 2.45. The molecule has 0 bridgehead atoms. The van der Waals surface area contributed by atoms with Crippen LogP contribution < -0.4 is 4.90 Å². The van der Waals surface area contributed by atoms with Gasteiger partial charge in [-0.15, -0.1) is 0 Å². The lowest BCUT2D eigenvalue weighted by molar-refractivity contribution is 1.17. The fourth-order valence-electron chi connectivity index (χ4n) is 1.82. The van der Waals surface area contributed by atoms with E-state index >= 15 is 0 Å². The van der Waals surface area contributed by atoms with Crippen LogP contribution in [0, 0.1) is 0 Å². The van der Waals surface area contributed by atoms with E-state index in [0.717, 1.165) is 38.2 Å². The van der Waals surface area contributed by atoms with Crippen LogP contribution in [0.2, 0.25) is 0 Å². The van der Waals surface area contributed by atoms with Crippen LogP contribution >= 0.6 is 95.6 Å². The van der Waals surface area contributed by atoms with E-state index in [1.54, 1.807) is 0 Å². The zero-order chi connectivity index (χ0) is 15.0. The lowest BCUT2D eigenvalue weighted by Gasteiger charge is -2.25.